The van der Waals surface area contributed by atoms with Gasteiger partial charge >= 0.3 is 5.97 Å². The summed E-state index contributed by atoms with van der Waals surface area (Å²) in [6.07, 6.45) is 4.89. The lowest BCUT2D eigenvalue weighted by atomic mass is 9.85. The van der Waals surface area contributed by atoms with Crippen molar-refractivity contribution in [1.82, 2.24) is 9.21 Å². The summed E-state index contributed by atoms with van der Waals surface area (Å²) in [4.78, 5) is 25.6. The van der Waals surface area contributed by atoms with Crippen LogP contribution in [0.25, 0.3) is 0 Å². The number of rotatable bonds is 3. The first kappa shape index (κ1) is 15.7. The molecule has 2 aliphatic heterocycles. The lowest BCUT2D eigenvalue weighted by Crippen LogP contribution is -2.50. The van der Waals surface area contributed by atoms with E-state index in [1.54, 1.807) is 0 Å². The zero-order valence-corrected chi connectivity index (χ0v) is 13.3. The third-order valence-corrected chi connectivity index (χ3v) is 7.08. The molecule has 7 nitrogen and oxygen atoms in total. The molecule has 1 N–H and O–H groups in total. The Morgan fingerprint density at radius 3 is 2.50 bits per heavy atom. The standard InChI is InChI=1S/C14H22N2O5S/c17-13(9-15-6-3-7-22(15,20)21)16-11-5-2-1-4-10(11)8-12(16)14(18)19/h10-12H,1-9H2,(H,18,19)/t10-,11+,12+/m1/s1. The maximum atomic E-state index is 12.6. The molecule has 0 bridgehead atoms. The summed E-state index contributed by atoms with van der Waals surface area (Å²) < 4.78 is 24.9. The predicted octanol–water partition coefficient (Wildman–Crippen LogP) is 0.266. The number of hydrogen-bond acceptors (Lipinski definition) is 4. The molecule has 2 heterocycles. The highest BCUT2D eigenvalue weighted by atomic mass is 32.2. The van der Waals surface area contributed by atoms with Crippen LogP contribution in [0.4, 0.5) is 0 Å². The van der Waals surface area contributed by atoms with Crippen LogP contribution in [0.3, 0.4) is 0 Å². The van der Waals surface area contributed by atoms with E-state index in [9.17, 15) is 23.1 Å². The number of fused-ring (bicyclic) bond motifs is 1. The van der Waals surface area contributed by atoms with Gasteiger partial charge in [-0.3, -0.25) is 4.79 Å². The Bertz CT molecular complexity index is 576. The van der Waals surface area contributed by atoms with Gasteiger partial charge < -0.3 is 10.0 Å². The van der Waals surface area contributed by atoms with E-state index in [-0.39, 0.29) is 30.2 Å². The minimum Gasteiger partial charge on any atom is -0.480 e. The third-order valence-electron chi connectivity index (χ3n) is 5.18. The van der Waals surface area contributed by atoms with Gasteiger partial charge in [-0.1, -0.05) is 12.8 Å². The van der Waals surface area contributed by atoms with Gasteiger partial charge in [0.25, 0.3) is 0 Å². The van der Waals surface area contributed by atoms with Gasteiger partial charge in [-0.05, 0) is 31.6 Å². The molecule has 0 spiro atoms. The van der Waals surface area contributed by atoms with E-state index < -0.39 is 22.0 Å². The molecule has 3 fully saturated rings. The molecule has 0 unspecified atom stereocenters. The summed E-state index contributed by atoms with van der Waals surface area (Å²) in [6.45, 7) is 0.142. The second-order valence-corrected chi connectivity index (χ2v) is 8.59. The minimum absolute atomic E-state index is 0.0346. The molecule has 0 aromatic rings. The summed E-state index contributed by atoms with van der Waals surface area (Å²) >= 11 is 0. The van der Waals surface area contributed by atoms with Crippen LogP contribution >= 0.6 is 0 Å². The maximum absolute atomic E-state index is 12.6. The average molecular weight is 330 g/mol. The molecule has 1 saturated carbocycles. The van der Waals surface area contributed by atoms with Gasteiger partial charge in [0.2, 0.25) is 15.9 Å². The highest BCUT2D eigenvalue weighted by Crippen LogP contribution is 2.40. The Balaban J connectivity index is 1.77. The van der Waals surface area contributed by atoms with Crippen LogP contribution in [-0.4, -0.2) is 65.5 Å². The van der Waals surface area contributed by atoms with Crippen LogP contribution in [-0.2, 0) is 19.6 Å². The van der Waals surface area contributed by atoms with Crippen LogP contribution in [0.5, 0.6) is 0 Å². The van der Waals surface area contributed by atoms with Gasteiger partial charge in [0.1, 0.15) is 6.04 Å². The molecule has 1 aliphatic carbocycles. The molecule has 0 aromatic heterocycles. The Kier molecular flexibility index (Phi) is 4.15. The fourth-order valence-electron chi connectivity index (χ4n) is 4.14. The number of amides is 1. The molecule has 8 heteroatoms. The fourth-order valence-corrected chi connectivity index (χ4v) is 5.61. The van der Waals surface area contributed by atoms with Crippen molar-refractivity contribution in [1.29, 1.82) is 0 Å². The minimum atomic E-state index is -3.34. The summed E-state index contributed by atoms with van der Waals surface area (Å²) in [6, 6.07) is -0.835. The maximum Gasteiger partial charge on any atom is 0.326 e. The van der Waals surface area contributed by atoms with Crippen molar-refractivity contribution in [2.45, 2.75) is 50.6 Å². The van der Waals surface area contributed by atoms with E-state index in [1.807, 2.05) is 0 Å². The van der Waals surface area contributed by atoms with Gasteiger partial charge in [0.15, 0.2) is 0 Å². The molecular weight excluding hydrogens is 308 g/mol. The van der Waals surface area contributed by atoms with E-state index in [2.05, 4.69) is 0 Å². The highest BCUT2D eigenvalue weighted by Gasteiger charge is 2.48. The number of hydrogen-bond donors (Lipinski definition) is 1. The third kappa shape index (κ3) is 2.74. The lowest BCUT2D eigenvalue weighted by molar-refractivity contribution is -0.149. The van der Waals surface area contributed by atoms with Crippen LogP contribution in [0, 0.1) is 5.92 Å². The van der Waals surface area contributed by atoms with Crippen molar-refractivity contribution in [2.24, 2.45) is 5.92 Å². The molecule has 2 saturated heterocycles. The normalized spacial score (nSPS) is 34.5. The smallest absolute Gasteiger partial charge is 0.326 e. The molecule has 3 aliphatic rings. The van der Waals surface area contributed by atoms with Crippen molar-refractivity contribution < 1.29 is 23.1 Å². The molecular formula is C14H22N2O5S. The molecule has 1 amide bonds. The van der Waals surface area contributed by atoms with Gasteiger partial charge in [0.05, 0.1) is 12.3 Å². The summed E-state index contributed by atoms with van der Waals surface area (Å²) in [5.41, 5.74) is 0. The van der Waals surface area contributed by atoms with Gasteiger partial charge in [-0.25, -0.2) is 13.2 Å². The van der Waals surface area contributed by atoms with E-state index in [4.69, 9.17) is 0 Å². The Morgan fingerprint density at radius 1 is 1.14 bits per heavy atom. The summed E-state index contributed by atoms with van der Waals surface area (Å²) in [7, 11) is -3.34. The van der Waals surface area contributed by atoms with Crippen molar-refractivity contribution >= 4 is 21.9 Å². The molecule has 3 rings (SSSR count). The zero-order chi connectivity index (χ0) is 15.9. The molecule has 0 aromatic carbocycles. The van der Waals surface area contributed by atoms with E-state index in [0.717, 1.165) is 25.7 Å². The highest BCUT2D eigenvalue weighted by molar-refractivity contribution is 7.89. The molecule has 22 heavy (non-hydrogen) atoms. The largest absolute Gasteiger partial charge is 0.480 e. The number of nitrogens with zero attached hydrogens (tertiary/aromatic N) is 2. The molecule has 124 valence electrons. The Morgan fingerprint density at radius 2 is 1.86 bits per heavy atom. The number of carboxylic acids is 1. The predicted molar refractivity (Wildman–Crippen MR) is 78.6 cm³/mol. The van der Waals surface area contributed by atoms with Gasteiger partial charge in [-0.15, -0.1) is 0 Å². The molecule has 3 atom stereocenters. The number of aliphatic carboxylic acids is 1. The number of likely N-dealkylation sites (tertiary alicyclic amines) is 1. The molecule has 0 radical (unpaired) electrons. The van der Waals surface area contributed by atoms with Crippen LogP contribution < -0.4 is 0 Å². The van der Waals surface area contributed by atoms with Gasteiger partial charge in [-0.2, -0.15) is 4.31 Å². The average Bonchev–Trinajstić information content (AvgIpc) is 2.99. The first-order valence-electron chi connectivity index (χ1n) is 7.92. The zero-order valence-electron chi connectivity index (χ0n) is 12.5. The fraction of sp³-hybridized carbons (Fsp3) is 0.857. The number of carbonyl (C=O) groups excluding carboxylic acids is 1. The first-order chi connectivity index (χ1) is 10.4. The first-order valence-corrected chi connectivity index (χ1v) is 9.53. The van der Waals surface area contributed by atoms with Crippen LogP contribution in [0.1, 0.15) is 38.5 Å². The van der Waals surface area contributed by atoms with E-state index >= 15 is 0 Å². The van der Waals surface area contributed by atoms with Crippen molar-refractivity contribution in [3.63, 3.8) is 0 Å². The van der Waals surface area contributed by atoms with Crippen molar-refractivity contribution in [3.05, 3.63) is 0 Å². The lowest BCUT2D eigenvalue weighted by Gasteiger charge is -2.33. The van der Waals surface area contributed by atoms with Crippen LogP contribution in [0.2, 0.25) is 0 Å². The monoisotopic (exact) mass is 330 g/mol. The second-order valence-electron chi connectivity index (χ2n) is 6.51. The number of carboxylic acid groups (broad SMARTS) is 1. The Labute approximate surface area is 130 Å². The second kappa shape index (κ2) is 5.81. The van der Waals surface area contributed by atoms with Gasteiger partial charge in [0, 0.05) is 12.6 Å². The topological polar surface area (TPSA) is 95.0 Å². The Hall–Kier alpha value is -1.15. The van der Waals surface area contributed by atoms with Crippen molar-refractivity contribution in [3.8, 4) is 0 Å². The SMILES string of the molecule is O=C(O)[C@@H]1C[C@H]2CCCC[C@@H]2N1C(=O)CN1CCCS1(=O)=O. The number of carbonyl (C=O) groups is 2. The van der Waals surface area contributed by atoms with Crippen molar-refractivity contribution in [2.75, 3.05) is 18.8 Å². The quantitative estimate of drug-likeness (QED) is 0.801. The van der Waals surface area contributed by atoms with Crippen LogP contribution in [0.15, 0.2) is 0 Å². The van der Waals surface area contributed by atoms with E-state index in [0.29, 0.717) is 19.4 Å². The number of sulfonamides is 1. The summed E-state index contributed by atoms with van der Waals surface area (Å²) in [5.74, 6) is -1.01. The summed E-state index contributed by atoms with van der Waals surface area (Å²) in [5, 5.41) is 9.42. The van der Waals surface area contributed by atoms with E-state index in [1.165, 1.54) is 9.21 Å².